The van der Waals surface area contributed by atoms with Crippen molar-refractivity contribution < 1.29 is 13.2 Å². The highest BCUT2D eigenvalue weighted by Crippen LogP contribution is 2.33. The number of oxime groups is 1. The summed E-state index contributed by atoms with van der Waals surface area (Å²) in [5, 5.41) is 3.71. The molecular weight excluding hydrogens is 218 g/mol. The second-order valence-electron chi connectivity index (χ2n) is 3.94. The fourth-order valence-electron chi connectivity index (χ4n) is 1.89. The van der Waals surface area contributed by atoms with E-state index in [0.717, 1.165) is 26.1 Å². The monoisotopic (exact) mass is 233 g/mol. The van der Waals surface area contributed by atoms with E-state index in [4.69, 9.17) is 10.5 Å². The highest BCUT2D eigenvalue weighted by molar-refractivity contribution is 7.79. The van der Waals surface area contributed by atoms with Crippen molar-refractivity contribution in [1.29, 1.82) is 0 Å². The predicted octanol–water partition coefficient (Wildman–Crippen LogP) is -0.356. The first-order valence-electron chi connectivity index (χ1n) is 4.95. The number of nitrogens with zero attached hydrogens (tertiary/aromatic N) is 1. The molecule has 86 valence electrons. The Bertz CT molecular complexity index is 289. The number of hydrogen-bond acceptors (Lipinski definition) is 5. The fourth-order valence-corrected chi connectivity index (χ4v) is 2.39. The van der Waals surface area contributed by atoms with Crippen LogP contribution in [-0.2, 0) is 20.3 Å². The normalized spacial score (nSPS) is 29.1. The molecule has 1 fully saturated rings. The van der Waals surface area contributed by atoms with Crippen LogP contribution in [0.15, 0.2) is 5.16 Å². The van der Waals surface area contributed by atoms with Gasteiger partial charge in [0, 0.05) is 19.6 Å². The van der Waals surface area contributed by atoms with E-state index >= 15 is 0 Å². The van der Waals surface area contributed by atoms with Crippen molar-refractivity contribution in [1.82, 2.24) is 4.72 Å². The summed E-state index contributed by atoms with van der Waals surface area (Å²) in [7, 11) is 0. The maximum absolute atomic E-state index is 10.9. The molecule has 0 spiro atoms. The Balaban J connectivity index is 1.98. The minimum atomic E-state index is -1.50. The summed E-state index contributed by atoms with van der Waals surface area (Å²) in [6.45, 7) is 2.05. The molecule has 1 atom stereocenters. The zero-order valence-electron chi connectivity index (χ0n) is 8.40. The van der Waals surface area contributed by atoms with Crippen molar-refractivity contribution >= 4 is 17.1 Å². The lowest BCUT2D eigenvalue weighted by Crippen LogP contribution is -2.40. The number of nitrogens with one attached hydrogen (secondary N) is 1. The predicted molar refractivity (Wildman–Crippen MR) is 56.0 cm³/mol. The van der Waals surface area contributed by atoms with Gasteiger partial charge in [-0.25, -0.2) is 0 Å². The minimum absolute atomic E-state index is 0.0159. The SMILES string of the molecule is NCC1(CC2=NOS(=O)N2)CCOCC1. The molecule has 2 heterocycles. The molecule has 2 aliphatic heterocycles. The smallest absolute Gasteiger partial charge is 0.338 e. The zero-order chi connectivity index (χ0) is 10.7. The molecule has 0 aromatic rings. The van der Waals surface area contributed by atoms with Gasteiger partial charge in [-0.05, 0) is 24.8 Å². The second-order valence-corrected chi connectivity index (χ2v) is 4.77. The second kappa shape index (κ2) is 4.46. The molecule has 15 heavy (non-hydrogen) atoms. The maximum Gasteiger partial charge on any atom is 0.338 e. The standard InChI is InChI=1S/C8H15N3O3S/c9-6-8(1-3-13-4-2-8)5-7-10-14-15(12)11-7/h1-6,9H2,(H,10,11). The molecular formula is C8H15N3O3S. The summed E-state index contributed by atoms with van der Waals surface area (Å²) in [5.41, 5.74) is 5.81. The van der Waals surface area contributed by atoms with Crippen LogP contribution in [0.5, 0.6) is 0 Å². The summed E-state index contributed by atoms with van der Waals surface area (Å²) in [6.07, 6.45) is 2.51. The van der Waals surface area contributed by atoms with Crippen LogP contribution in [0.3, 0.4) is 0 Å². The summed E-state index contributed by atoms with van der Waals surface area (Å²) >= 11 is -1.50. The van der Waals surface area contributed by atoms with E-state index in [2.05, 4.69) is 14.2 Å². The van der Waals surface area contributed by atoms with Gasteiger partial charge in [0.25, 0.3) is 0 Å². The number of hydrogen-bond donors (Lipinski definition) is 2. The van der Waals surface area contributed by atoms with Gasteiger partial charge in [-0.1, -0.05) is 5.16 Å². The third-order valence-electron chi connectivity index (χ3n) is 2.95. The Morgan fingerprint density at radius 2 is 2.27 bits per heavy atom. The molecule has 0 aromatic carbocycles. The Hall–Kier alpha value is -0.660. The molecule has 0 radical (unpaired) electrons. The van der Waals surface area contributed by atoms with Crippen LogP contribution >= 0.6 is 0 Å². The van der Waals surface area contributed by atoms with Crippen LogP contribution in [0, 0.1) is 5.41 Å². The number of nitrogens with two attached hydrogens (primary N) is 1. The first kappa shape index (κ1) is 10.8. The van der Waals surface area contributed by atoms with Crippen molar-refractivity contribution in [2.24, 2.45) is 16.3 Å². The largest absolute Gasteiger partial charge is 0.381 e. The average molecular weight is 233 g/mol. The summed E-state index contributed by atoms with van der Waals surface area (Å²) in [6, 6.07) is 0. The van der Waals surface area contributed by atoms with E-state index in [0.29, 0.717) is 18.8 Å². The highest BCUT2D eigenvalue weighted by atomic mass is 32.2. The van der Waals surface area contributed by atoms with Crippen LogP contribution < -0.4 is 10.5 Å². The first-order valence-corrected chi connectivity index (χ1v) is 6.02. The minimum Gasteiger partial charge on any atom is -0.381 e. The third kappa shape index (κ3) is 2.47. The van der Waals surface area contributed by atoms with Gasteiger partial charge in [0.1, 0.15) is 0 Å². The van der Waals surface area contributed by atoms with Crippen LogP contribution in [0.1, 0.15) is 19.3 Å². The average Bonchev–Trinajstić information content (AvgIpc) is 2.65. The Labute approximate surface area is 91.0 Å². The summed E-state index contributed by atoms with van der Waals surface area (Å²) in [5.74, 6) is 0.626. The molecule has 2 aliphatic rings. The Morgan fingerprint density at radius 3 is 2.80 bits per heavy atom. The summed E-state index contributed by atoms with van der Waals surface area (Å²) < 4.78 is 23.4. The first-order chi connectivity index (χ1) is 7.24. The Kier molecular flexibility index (Phi) is 3.22. The molecule has 0 saturated carbocycles. The van der Waals surface area contributed by atoms with Crippen LogP contribution in [-0.4, -0.2) is 29.8 Å². The quantitative estimate of drug-likeness (QED) is 0.697. The van der Waals surface area contributed by atoms with Gasteiger partial charge in [-0.15, -0.1) is 0 Å². The van der Waals surface area contributed by atoms with Crippen molar-refractivity contribution in [2.45, 2.75) is 19.3 Å². The number of amidine groups is 1. The van der Waals surface area contributed by atoms with Gasteiger partial charge < -0.3 is 10.5 Å². The topological polar surface area (TPSA) is 85.9 Å². The molecule has 0 aromatic heterocycles. The molecule has 3 N–H and O–H groups in total. The van der Waals surface area contributed by atoms with Crippen molar-refractivity contribution in [3.63, 3.8) is 0 Å². The van der Waals surface area contributed by atoms with E-state index in [1.54, 1.807) is 0 Å². The van der Waals surface area contributed by atoms with Crippen molar-refractivity contribution in [3.8, 4) is 0 Å². The molecule has 7 heteroatoms. The van der Waals surface area contributed by atoms with Gasteiger partial charge in [0.2, 0.25) is 0 Å². The van der Waals surface area contributed by atoms with E-state index in [1.807, 2.05) is 0 Å². The van der Waals surface area contributed by atoms with Crippen molar-refractivity contribution in [3.05, 3.63) is 0 Å². The van der Waals surface area contributed by atoms with Crippen molar-refractivity contribution in [2.75, 3.05) is 19.8 Å². The number of ether oxygens (including phenoxy) is 1. The lowest BCUT2D eigenvalue weighted by molar-refractivity contribution is 0.0222. The van der Waals surface area contributed by atoms with Gasteiger partial charge in [0.15, 0.2) is 5.84 Å². The van der Waals surface area contributed by atoms with E-state index in [9.17, 15) is 4.21 Å². The van der Waals surface area contributed by atoms with Gasteiger partial charge >= 0.3 is 11.3 Å². The molecule has 1 saturated heterocycles. The fraction of sp³-hybridized carbons (Fsp3) is 0.875. The summed E-state index contributed by atoms with van der Waals surface area (Å²) in [4.78, 5) is 0. The molecule has 1 unspecified atom stereocenters. The zero-order valence-corrected chi connectivity index (χ0v) is 9.22. The van der Waals surface area contributed by atoms with Gasteiger partial charge in [-0.3, -0.25) is 9.01 Å². The molecule has 6 nitrogen and oxygen atoms in total. The van der Waals surface area contributed by atoms with Gasteiger partial charge in [-0.2, -0.15) is 4.21 Å². The van der Waals surface area contributed by atoms with E-state index in [-0.39, 0.29) is 5.41 Å². The van der Waals surface area contributed by atoms with Crippen LogP contribution in [0.2, 0.25) is 0 Å². The molecule has 0 aliphatic carbocycles. The van der Waals surface area contributed by atoms with E-state index < -0.39 is 11.3 Å². The molecule has 0 amide bonds. The number of rotatable bonds is 3. The molecule has 2 rings (SSSR count). The molecule has 0 bridgehead atoms. The Morgan fingerprint density at radius 1 is 1.53 bits per heavy atom. The lowest BCUT2D eigenvalue weighted by Gasteiger charge is -2.35. The lowest BCUT2D eigenvalue weighted by atomic mass is 9.77. The third-order valence-corrected chi connectivity index (χ3v) is 3.56. The van der Waals surface area contributed by atoms with Crippen LogP contribution in [0.4, 0.5) is 0 Å². The van der Waals surface area contributed by atoms with E-state index in [1.165, 1.54) is 0 Å². The van der Waals surface area contributed by atoms with Gasteiger partial charge in [0.05, 0.1) is 0 Å². The highest BCUT2D eigenvalue weighted by Gasteiger charge is 2.34. The van der Waals surface area contributed by atoms with Crippen LogP contribution in [0.25, 0.3) is 0 Å². The maximum atomic E-state index is 10.9.